The van der Waals surface area contributed by atoms with Gasteiger partial charge >= 0.3 is 0 Å². The van der Waals surface area contributed by atoms with E-state index in [-0.39, 0.29) is 6.10 Å². The third-order valence-electron chi connectivity index (χ3n) is 5.10. The van der Waals surface area contributed by atoms with Crippen molar-refractivity contribution in [2.24, 2.45) is 0 Å². The molecular formula is C23H23N3O. The first-order chi connectivity index (χ1) is 13.2. The predicted molar refractivity (Wildman–Crippen MR) is 107 cm³/mol. The van der Waals surface area contributed by atoms with Crippen molar-refractivity contribution in [1.82, 2.24) is 9.88 Å². The Labute approximate surface area is 160 Å². The molecule has 0 N–H and O–H groups in total. The minimum atomic E-state index is 0.233. The number of nitriles is 1. The normalized spacial score (nSPS) is 15.6. The van der Waals surface area contributed by atoms with E-state index >= 15 is 0 Å². The molecule has 4 nitrogen and oxygen atoms in total. The maximum absolute atomic E-state index is 9.05. The van der Waals surface area contributed by atoms with Crippen LogP contribution in [0.1, 0.15) is 29.7 Å². The maximum atomic E-state index is 9.05. The first-order valence-electron chi connectivity index (χ1n) is 9.46. The highest BCUT2D eigenvalue weighted by Gasteiger charge is 2.21. The van der Waals surface area contributed by atoms with Crippen LogP contribution in [0.5, 0.6) is 5.75 Å². The van der Waals surface area contributed by atoms with Crippen molar-refractivity contribution >= 4 is 10.9 Å². The number of hydrogen-bond acceptors (Lipinski definition) is 4. The average molecular weight is 357 g/mol. The van der Waals surface area contributed by atoms with Crippen LogP contribution in [0.4, 0.5) is 0 Å². The number of fused-ring (bicyclic) bond motifs is 1. The molecule has 136 valence electrons. The molecule has 2 heterocycles. The summed E-state index contributed by atoms with van der Waals surface area (Å²) in [4.78, 5) is 7.03. The van der Waals surface area contributed by atoms with E-state index in [4.69, 9.17) is 10.00 Å². The Hall–Kier alpha value is -2.90. The molecule has 4 heteroatoms. The molecule has 3 aromatic rings. The van der Waals surface area contributed by atoms with Crippen LogP contribution in [0.15, 0.2) is 54.6 Å². The standard InChI is InChI=1S/C23H23N3O/c1-17-13-23(21-7-2-3-8-22(21)25-17)27-20-9-11-26(12-10-20)16-19-6-4-5-18(14-19)15-24/h2-8,13-14,20H,9-12,16H2,1H3. The molecule has 1 fully saturated rings. The number of benzene rings is 2. The number of likely N-dealkylation sites (tertiary alicyclic amines) is 1. The van der Waals surface area contributed by atoms with Gasteiger partial charge < -0.3 is 4.74 Å². The van der Waals surface area contributed by atoms with Crippen LogP contribution in [0, 0.1) is 18.3 Å². The summed E-state index contributed by atoms with van der Waals surface area (Å²) >= 11 is 0. The molecule has 1 aliphatic rings. The van der Waals surface area contributed by atoms with Gasteiger partial charge in [0.1, 0.15) is 11.9 Å². The van der Waals surface area contributed by atoms with Gasteiger partial charge in [0.2, 0.25) is 0 Å². The third-order valence-corrected chi connectivity index (χ3v) is 5.10. The molecular weight excluding hydrogens is 334 g/mol. The van der Waals surface area contributed by atoms with Crippen LogP contribution in [-0.2, 0) is 6.54 Å². The molecule has 0 spiro atoms. The van der Waals surface area contributed by atoms with Gasteiger partial charge in [-0.25, -0.2) is 0 Å². The zero-order valence-electron chi connectivity index (χ0n) is 15.6. The summed E-state index contributed by atoms with van der Waals surface area (Å²) in [7, 11) is 0. The Morgan fingerprint density at radius 1 is 1.11 bits per heavy atom. The number of aryl methyl sites for hydroxylation is 1. The first-order valence-corrected chi connectivity index (χ1v) is 9.46. The summed E-state index contributed by atoms with van der Waals surface area (Å²) in [5.74, 6) is 0.943. The van der Waals surface area contributed by atoms with Gasteiger partial charge in [-0.15, -0.1) is 0 Å². The summed E-state index contributed by atoms with van der Waals surface area (Å²) in [6.07, 6.45) is 2.25. The molecule has 1 aromatic heterocycles. The van der Waals surface area contributed by atoms with Gasteiger partial charge in [-0.1, -0.05) is 24.3 Å². The molecule has 1 aliphatic heterocycles. The molecule has 0 saturated carbocycles. The second kappa shape index (κ2) is 7.77. The molecule has 0 amide bonds. The highest BCUT2D eigenvalue weighted by Crippen LogP contribution is 2.28. The predicted octanol–water partition coefficient (Wildman–Crippen LogP) is 4.46. The maximum Gasteiger partial charge on any atom is 0.130 e. The van der Waals surface area contributed by atoms with E-state index in [0.29, 0.717) is 0 Å². The lowest BCUT2D eigenvalue weighted by molar-refractivity contribution is 0.0979. The number of para-hydroxylation sites is 1. The third kappa shape index (κ3) is 4.10. The van der Waals surface area contributed by atoms with Crippen LogP contribution in [0.2, 0.25) is 0 Å². The number of rotatable bonds is 4. The van der Waals surface area contributed by atoms with Gasteiger partial charge in [0.15, 0.2) is 0 Å². The largest absolute Gasteiger partial charge is 0.490 e. The van der Waals surface area contributed by atoms with Crippen LogP contribution < -0.4 is 4.74 Å². The zero-order valence-corrected chi connectivity index (χ0v) is 15.6. The van der Waals surface area contributed by atoms with Crippen molar-refractivity contribution in [3.8, 4) is 11.8 Å². The monoisotopic (exact) mass is 357 g/mol. The first kappa shape index (κ1) is 17.5. The number of piperidine rings is 1. The van der Waals surface area contributed by atoms with Gasteiger partial charge in [-0.05, 0) is 49.6 Å². The molecule has 0 unspecified atom stereocenters. The fourth-order valence-electron chi connectivity index (χ4n) is 3.73. The van der Waals surface area contributed by atoms with Gasteiger partial charge in [-0.3, -0.25) is 9.88 Å². The quantitative estimate of drug-likeness (QED) is 0.692. The number of nitrogens with zero attached hydrogens (tertiary/aromatic N) is 3. The van der Waals surface area contributed by atoms with Crippen molar-refractivity contribution in [3.05, 3.63) is 71.4 Å². The number of aromatic nitrogens is 1. The fraction of sp³-hybridized carbons (Fsp3) is 0.304. The van der Waals surface area contributed by atoms with Gasteiger partial charge in [0.05, 0.1) is 17.1 Å². The number of ether oxygens (including phenoxy) is 1. The van der Waals surface area contributed by atoms with Gasteiger partial charge in [-0.2, -0.15) is 5.26 Å². The summed E-state index contributed by atoms with van der Waals surface area (Å²) in [6.45, 7) is 4.91. The molecule has 4 rings (SSSR count). The second-order valence-corrected chi connectivity index (χ2v) is 7.18. The van der Waals surface area contributed by atoms with Crippen LogP contribution in [-0.4, -0.2) is 29.1 Å². The average Bonchev–Trinajstić information content (AvgIpc) is 2.69. The second-order valence-electron chi connectivity index (χ2n) is 7.18. The van der Waals surface area contributed by atoms with E-state index < -0.39 is 0 Å². The van der Waals surface area contributed by atoms with E-state index in [9.17, 15) is 0 Å². The molecule has 27 heavy (non-hydrogen) atoms. The smallest absolute Gasteiger partial charge is 0.130 e. The van der Waals surface area contributed by atoms with E-state index in [1.807, 2.05) is 49.4 Å². The number of hydrogen-bond donors (Lipinski definition) is 0. The SMILES string of the molecule is Cc1cc(OC2CCN(Cc3cccc(C#N)c3)CC2)c2ccccc2n1. The minimum absolute atomic E-state index is 0.233. The summed E-state index contributed by atoms with van der Waals surface area (Å²) < 4.78 is 6.37. The Bertz CT molecular complexity index is 984. The Balaban J connectivity index is 1.39. The Morgan fingerprint density at radius 2 is 1.93 bits per heavy atom. The van der Waals surface area contributed by atoms with Crippen molar-refractivity contribution in [1.29, 1.82) is 5.26 Å². The van der Waals surface area contributed by atoms with Gasteiger partial charge in [0.25, 0.3) is 0 Å². The molecule has 0 bridgehead atoms. The topological polar surface area (TPSA) is 49.1 Å². The van der Waals surface area contributed by atoms with E-state index in [0.717, 1.165) is 60.4 Å². The van der Waals surface area contributed by atoms with E-state index in [1.54, 1.807) is 0 Å². The lowest BCUT2D eigenvalue weighted by Crippen LogP contribution is -2.37. The number of pyridine rings is 1. The van der Waals surface area contributed by atoms with Crippen molar-refractivity contribution in [3.63, 3.8) is 0 Å². The summed E-state index contributed by atoms with van der Waals surface area (Å²) in [5.41, 5.74) is 3.90. The van der Waals surface area contributed by atoms with Crippen molar-refractivity contribution in [2.75, 3.05) is 13.1 Å². The Kier molecular flexibility index (Phi) is 5.04. The van der Waals surface area contributed by atoms with Crippen LogP contribution in [0.3, 0.4) is 0 Å². The molecule has 0 aliphatic carbocycles. The molecule has 2 aromatic carbocycles. The lowest BCUT2D eigenvalue weighted by atomic mass is 10.1. The Morgan fingerprint density at radius 3 is 2.74 bits per heavy atom. The van der Waals surface area contributed by atoms with Crippen LogP contribution in [0.25, 0.3) is 10.9 Å². The molecule has 1 saturated heterocycles. The summed E-state index contributed by atoms with van der Waals surface area (Å²) in [6, 6.07) is 20.3. The fourth-order valence-corrected chi connectivity index (χ4v) is 3.73. The molecule has 0 radical (unpaired) electrons. The summed E-state index contributed by atoms with van der Waals surface area (Å²) in [5, 5.41) is 10.1. The zero-order chi connectivity index (χ0) is 18.6. The van der Waals surface area contributed by atoms with E-state index in [1.165, 1.54) is 5.56 Å². The van der Waals surface area contributed by atoms with Crippen molar-refractivity contribution in [2.45, 2.75) is 32.4 Å². The molecule has 0 atom stereocenters. The lowest BCUT2D eigenvalue weighted by Gasteiger charge is -2.32. The highest BCUT2D eigenvalue weighted by atomic mass is 16.5. The highest BCUT2D eigenvalue weighted by molar-refractivity contribution is 5.85. The van der Waals surface area contributed by atoms with E-state index in [2.05, 4.69) is 28.1 Å². The van der Waals surface area contributed by atoms with Gasteiger partial charge in [0, 0.05) is 36.8 Å². The minimum Gasteiger partial charge on any atom is -0.490 e. The van der Waals surface area contributed by atoms with Crippen LogP contribution >= 0.6 is 0 Å². The van der Waals surface area contributed by atoms with Crippen molar-refractivity contribution < 1.29 is 4.74 Å².